The van der Waals surface area contributed by atoms with Crippen molar-refractivity contribution in [3.63, 3.8) is 0 Å². The van der Waals surface area contributed by atoms with Gasteiger partial charge in [0.2, 0.25) is 0 Å². The van der Waals surface area contributed by atoms with Crippen LogP contribution in [0.2, 0.25) is 5.32 Å². The number of hydrogen-bond donors (Lipinski definition) is 0. The molecule has 0 aliphatic heterocycles. The molecule has 0 saturated carbocycles. The van der Waals surface area contributed by atoms with Crippen LogP contribution in [0, 0.1) is 0 Å². The van der Waals surface area contributed by atoms with Crippen LogP contribution in [0.25, 0.3) is 0 Å². The number of hydrogen-bond acceptors (Lipinski definition) is 2. The molecule has 0 saturated heterocycles. The summed E-state index contributed by atoms with van der Waals surface area (Å²) in [6.07, 6.45) is 3.17. The summed E-state index contributed by atoms with van der Waals surface area (Å²) in [7, 11) is -0.589. The van der Waals surface area contributed by atoms with Gasteiger partial charge in [0.15, 0.2) is 0 Å². The Morgan fingerprint density at radius 3 is 1.93 bits per heavy atom. The third-order valence-corrected chi connectivity index (χ3v) is 7.03. The molecule has 0 radical (unpaired) electrons. The molecule has 2 nitrogen and oxygen atoms in total. The minimum absolute atomic E-state index is 0.295. The summed E-state index contributed by atoms with van der Waals surface area (Å²) >= 11 is 0.528. The molecule has 0 N–H and O–H groups in total. The van der Waals surface area contributed by atoms with Crippen LogP contribution >= 0.6 is 7.07 Å². The van der Waals surface area contributed by atoms with Gasteiger partial charge < -0.3 is 0 Å². The maximum absolute atomic E-state index is 5.78. The Balaban J connectivity index is 3.72. The maximum atomic E-state index is 5.78. The molecule has 0 aromatic heterocycles. The Labute approximate surface area is 95.8 Å². The first-order valence-electron chi connectivity index (χ1n) is 5.32. The van der Waals surface area contributed by atoms with Gasteiger partial charge in [0.25, 0.3) is 0 Å². The average Bonchev–Trinajstić information content (AvgIpc) is 2.02. The zero-order valence-electron chi connectivity index (χ0n) is 9.95. The van der Waals surface area contributed by atoms with E-state index >= 15 is 0 Å². The van der Waals surface area contributed by atoms with Crippen LogP contribution in [0.1, 0.15) is 47.5 Å². The molecule has 0 atom stereocenters. The fourth-order valence-corrected chi connectivity index (χ4v) is 7.14. The van der Waals surface area contributed by atoms with Gasteiger partial charge >= 0.3 is 95.6 Å². The third kappa shape index (κ3) is 9.43. The van der Waals surface area contributed by atoms with E-state index in [2.05, 4.69) is 34.6 Å². The summed E-state index contributed by atoms with van der Waals surface area (Å²) in [6, 6.07) is 0. The molecule has 4 heteroatoms. The molecule has 0 aliphatic rings. The van der Waals surface area contributed by atoms with Gasteiger partial charge in [0.1, 0.15) is 0 Å². The van der Waals surface area contributed by atoms with Crippen molar-refractivity contribution >= 4 is 21.6 Å². The number of rotatable bonds is 8. The predicted octanol–water partition coefficient (Wildman–Crippen LogP) is 3.99. The third-order valence-electron chi connectivity index (χ3n) is 1.29. The molecule has 0 aromatic carbocycles. The van der Waals surface area contributed by atoms with Gasteiger partial charge in [-0.2, -0.15) is 0 Å². The van der Waals surface area contributed by atoms with Crippen LogP contribution in [0.3, 0.4) is 0 Å². The number of unbranched alkanes of at least 4 members (excludes halogenated alkanes) is 1. The van der Waals surface area contributed by atoms with Crippen molar-refractivity contribution in [1.29, 1.82) is 0 Å². The molecular weight excluding hydrogens is 262 g/mol. The first kappa shape index (κ1) is 14.9. The van der Waals surface area contributed by atoms with Gasteiger partial charge in [-0.1, -0.05) is 0 Å². The zero-order valence-corrected chi connectivity index (χ0v) is 12.6. The van der Waals surface area contributed by atoms with Crippen molar-refractivity contribution in [2.45, 2.75) is 65.0 Å². The van der Waals surface area contributed by atoms with Gasteiger partial charge in [0, 0.05) is 0 Å². The van der Waals surface area contributed by atoms with Crippen molar-refractivity contribution in [2.24, 2.45) is 0 Å². The van der Waals surface area contributed by atoms with E-state index in [0.29, 0.717) is 26.7 Å². The summed E-state index contributed by atoms with van der Waals surface area (Å²) in [5.74, 6) is 0. The van der Waals surface area contributed by atoms with E-state index in [0.717, 1.165) is 0 Å². The summed E-state index contributed by atoms with van der Waals surface area (Å²) < 4.78 is 11.6. The van der Waals surface area contributed by atoms with Crippen LogP contribution in [0.5, 0.6) is 0 Å². The molecule has 0 rings (SSSR count). The van der Waals surface area contributed by atoms with Crippen LogP contribution in [0.15, 0.2) is 0 Å². The van der Waals surface area contributed by atoms with E-state index in [9.17, 15) is 0 Å². The van der Waals surface area contributed by atoms with E-state index in [4.69, 9.17) is 9.05 Å². The van der Waals surface area contributed by atoms with Crippen molar-refractivity contribution < 1.29 is 9.05 Å². The van der Waals surface area contributed by atoms with E-state index in [1.807, 2.05) is 0 Å². The molecule has 0 amide bonds. The topological polar surface area (TPSA) is 18.5 Å². The standard InChI is InChI=1S/C10H23O2PSe/c1-6-7-8-14-13(11-9(2)3)12-10(4)5/h9-10H,6-8H2,1-5H3. The second-order valence-corrected chi connectivity index (χ2v) is 9.20. The second-order valence-electron chi connectivity index (χ2n) is 3.72. The normalized spacial score (nSPS) is 12.0. The van der Waals surface area contributed by atoms with E-state index in [1.165, 1.54) is 18.2 Å². The van der Waals surface area contributed by atoms with Gasteiger partial charge in [-0.05, 0) is 0 Å². The molecule has 14 heavy (non-hydrogen) atoms. The summed E-state index contributed by atoms with van der Waals surface area (Å²) in [5.41, 5.74) is 0. The molecular formula is C10H23O2PSe. The molecule has 0 aromatic rings. The SMILES string of the molecule is CCCC[Se]P(OC(C)C)OC(C)C. The minimum atomic E-state index is -0.589. The predicted molar refractivity (Wildman–Crippen MR) is 64.8 cm³/mol. The van der Waals surface area contributed by atoms with Crippen LogP contribution in [-0.4, -0.2) is 26.7 Å². The van der Waals surface area contributed by atoms with Crippen molar-refractivity contribution in [1.82, 2.24) is 0 Å². The van der Waals surface area contributed by atoms with E-state index < -0.39 is 7.07 Å². The van der Waals surface area contributed by atoms with Crippen molar-refractivity contribution in [2.75, 3.05) is 0 Å². The molecule has 86 valence electrons. The second kappa shape index (κ2) is 9.12. The average molecular weight is 285 g/mol. The fourth-order valence-electron chi connectivity index (χ4n) is 0.713. The Hall–Kier alpha value is 0.869. The van der Waals surface area contributed by atoms with Gasteiger partial charge in [0.05, 0.1) is 0 Å². The quantitative estimate of drug-likeness (QED) is 0.381. The fraction of sp³-hybridized carbons (Fsp3) is 1.00. The summed E-state index contributed by atoms with van der Waals surface area (Å²) in [4.78, 5) is 0. The zero-order chi connectivity index (χ0) is 11.0. The Morgan fingerprint density at radius 1 is 1.07 bits per heavy atom. The summed E-state index contributed by atoms with van der Waals surface area (Å²) in [6.45, 7) is 10.5. The van der Waals surface area contributed by atoms with Crippen LogP contribution < -0.4 is 0 Å². The first-order valence-corrected chi connectivity index (χ1v) is 9.93. The molecule has 0 heterocycles. The molecule has 0 spiro atoms. The Bertz CT molecular complexity index is 121. The molecule has 0 bridgehead atoms. The van der Waals surface area contributed by atoms with E-state index in [1.54, 1.807) is 0 Å². The molecule has 0 fully saturated rings. The first-order chi connectivity index (χ1) is 6.56. The van der Waals surface area contributed by atoms with Crippen molar-refractivity contribution in [3.8, 4) is 0 Å². The Kier molecular flexibility index (Phi) is 9.69. The Morgan fingerprint density at radius 2 is 1.57 bits per heavy atom. The van der Waals surface area contributed by atoms with Crippen LogP contribution in [0.4, 0.5) is 0 Å². The van der Waals surface area contributed by atoms with Gasteiger partial charge in [-0.25, -0.2) is 0 Å². The van der Waals surface area contributed by atoms with Gasteiger partial charge in [-0.15, -0.1) is 0 Å². The monoisotopic (exact) mass is 286 g/mol. The van der Waals surface area contributed by atoms with E-state index in [-0.39, 0.29) is 0 Å². The van der Waals surface area contributed by atoms with Crippen LogP contribution in [-0.2, 0) is 9.05 Å². The molecule has 0 aliphatic carbocycles. The molecule has 0 unspecified atom stereocenters. The van der Waals surface area contributed by atoms with Gasteiger partial charge in [-0.3, -0.25) is 0 Å². The van der Waals surface area contributed by atoms with Crippen molar-refractivity contribution in [3.05, 3.63) is 0 Å². The summed E-state index contributed by atoms with van der Waals surface area (Å²) in [5, 5.41) is 1.29.